The van der Waals surface area contributed by atoms with E-state index in [2.05, 4.69) is 10.1 Å². The molecule has 2 aromatic rings. The number of nitrogens with zero attached hydrogens (tertiary/aromatic N) is 3. The molecule has 2 heterocycles. The quantitative estimate of drug-likeness (QED) is 0.837. The number of carbonyl (C=O) groups is 1. The van der Waals surface area contributed by atoms with Crippen LogP contribution in [0.15, 0.2) is 30.5 Å². The number of aliphatic carboxylic acids is 1. The highest BCUT2D eigenvalue weighted by Gasteiger charge is 2.04. The topological polar surface area (TPSA) is 68.0 Å². The van der Waals surface area contributed by atoms with Crippen LogP contribution in [-0.2, 0) is 4.79 Å². The third-order valence-corrected chi connectivity index (χ3v) is 2.42. The van der Waals surface area contributed by atoms with Crippen molar-refractivity contribution in [3.05, 3.63) is 47.4 Å². The standard InChI is InChI=1S/C13H13N3O2/c1-9-7-10(2)16(15-9)12-5-3-11(8-14-12)4-6-13(17)18/h3-8H,1-2H3,(H,17,18)/b6-4+. The van der Waals surface area contributed by atoms with Crippen LogP contribution in [0.4, 0.5) is 0 Å². The minimum absolute atomic E-state index is 0.716. The van der Waals surface area contributed by atoms with E-state index in [0.717, 1.165) is 23.0 Å². The molecule has 0 radical (unpaired) electrons. The van der Waals surface area contributed by atoms with Crippen LogP contribution in [0.3, 0.4) is 0 Å². The van der Waals surface area contributed by atoms with Gasteiger partial charge in [-0.15, -0.1) is 0 Å². The predicted octanol–water partition coefficient (Wildman–Crippen LogP) is 1.98. The Hall–Kier alpha value is -2.43. The molecular formula is C13H13N3O2. The highest BCUT2D eigenvalue weighted by Crippen LogP contribution is 2.10. The van der Waals surface area contributed by atoms with Gasteiger partial charge in [0.1, 0.15) is 0 Å². The summed E-state index contributed by atoms with van der Waals surface area (Å²) >= 11 is 0. The fourth-order valence-corrected chi connectivity index (χ4v) is 1.65. The Kier molecular flexibility index (Phi) is 3.23. The lowest BCUT2D eigenvalue weighted by molar-refractivity contribution is -0.131. The molecule has 0 fully saturated rings. The van der Waals surface area contributed by atoms with Gasteiger partial charge in [0.15, 0.2) is 5.82 Å². The Morgan fingerprint density at radius 1 is 1.39 bits per heavy atom. The summed E-state index contributed by atoms with van der Waals surface area (Å²) < 4.78 is 1.75. The zero-order valence-corrected chi connectivity index (χ0v) is 10.2. The van der Waals surface area contributed by atoms with Crippen molar-refractivity contribution in [2.75, 3.05) is 0 Å². The largest absolute Gasteiger partial charge is 0.478 e. The maximum atomic E-state index is 10.4. The minimum atomic E-state index is -0.974. The summed E-state index contributed by atoms with van der Waals surface area (Å²) in [5, 5.41) is 12.9. The van der Waals surface area contributed by atoms with E-state index in [9.17, 15) is 4.79 Å². The summed E-state index contributed by atoms with van der Waals surface area (Å²) in [7, 11) is 0. The maximum absolute atomic E-state index is 10.4. The lowest BCUT2D eigenvalue weighted by Crippen LogP contribution is -2.01. The molecule has 0 aliphatic carbocycles. The van der Waals surface area contributed by atoms with Crippen molar-refractivity contribution in [3.63, 3.8) is 0 Å². The number of carboxylic acid groups (broad SMARTS) is 1. The van der Waals surface area contributed by atoms with Crippen molar-refractivity contribution in [2.45, 2.75) is 13.8 Å². The highest BCUT2D eigenvalue weighted by atomic mass is 16.4. The molecule has 2 aromatic heterocycles. The van der Waals surface area contributed by atoms with Crippen molar-refractivity contribution in [1.29, 1.82) is 0 Å². The van der Waals surface area contributed by atoms with E-state index in [-0.39, 0.29) is 0 Å². The van der Waals surface area contributed by atoms with E-state index >= 15 is 0 Å². The maximum Gasteiger partial charge on any atom is 0.328 e. The van der Waals surface area contributed by atoms with Crippen LogP contribution in [0.25, 0.3) is 11.9 Å². The predicted molar refractivity (Wildman–Crippen MR) is 67.5 cm³/mol. The van der Waals surface area contributed by atoms with Gasteiger partial charge in [-0.2, -0.15) is 5.10 Å². The molecule has 0 bridgehead atoms. The first kappa shape index (κ1) is 12.0. The number of hydrogen-bond donors (Lipinski definition) is 1. The van der Waals surface area contributed by atoms with Gasteiger partial charge in [-0.25, -0.2) is 14.5 Å². The van der Waals surface area contributed by atoms with Gasteiger partial charge >= 0.3 is 5.97 Å². The Bertz CT molecular complexity index is 597. The Labute approximate surface area is 104 Å². The van der Waals surface area contributed by atoms with Crippen LogP contribution >= 0.6 is 0 Å². The Morgan fingerprint density at radius 3 is 2.67 bits per heavy atom. The van der Waals surface area contributed by atoms with Gasteiger partial charge in [-0.05, 0) is 43.7 Å². The van der Waals surface area contributed by atoms with Gasteiger partial charge in [0.25, 0.3) is 0 Å². The molecule has 2 rings (SSSR count). The molecule has 0 atom stereocenters. The third kappa shape index (κ3) is 2.63. The Morgan fingerprint density at radius 2 is 2.17 bits per heavy atom. The van der Waals surface area contributed by atoms with Crippen LogP contribution in [0.2, 0.25) is 0 Å². The average molecular weight is 243 g/mol. The average Bonchev–Trinajstić information content (AvgIpc) is 2.66. The molecule has 92 valence electrons. The minimum Gasteiger partial charge on any atom is -0.478 e. The van der Waals surface area contributed by atoms with Crippen molar-refractivity contribution in [3.8, 4) is 5.82 Å². The zero-order chi connectivity index (χ0) is 13.1. The first-order valence-corrected chi connectivity index (χ1v) is 5.47. The van der Waals surface area contributed by atoms with E-state index in [1.807, 2.05) is 19.9 Å². The van der Waals surface area contributed by atoms with Crippen LogP contribution in [0.1, 0.15) is 17.0 Å². The molecule has 0 aromatic carbocycles. The smallest absolute Gasteiger partial charge is 0.328 e. The van der Waals surface area contributed by atoms with Crippen molar-refractivity contribution < 1.29 is 9.90 Å². The molecule has 18 heavy (non-hydrogen) atoms. The first-order chi connectivity index (χ1) is 8.56. The normalized spacial score (nSPS) is 11.0. The second kappa shape index (κ2) is 4.83. The number of hydrogen-bond acceptors (Lipinski definition) is 3. The number of aryl methyl sites for hydroxylation is 2. The molecule has 0 aliphatic heterocycles. The molecule has 5 heteroatoms. The van der Waals surface area contributed by atoms with Crippen molar-refractivity contribution >= 4 is 12.0 Å². The van der Waals surface area contributed by atoms with Gasteiger partial charge in [-0.3, -0.25) is 0 Å². The van der Waals surface area contributed by atoms with Gasteiger partial charge < -0.3 is 5.11 Å². The number of aromatic nitrogens is 3. The highest BCUT2D eigenvalue weighted by molar-refractivity contribution is 5.85. The van der Waals surface area contributed by atoms with Crippen LogP contribution in [-0.4, -0.2) is 25.8 Å². The Balaban J connectivity index is 2.27. The van der Waals surface area contributed by atoms with Gasteiger partial charge in [-0.1, -0.05) is 0 Å². The summed E-state index contributed by atoms with van der Waals surface area (Å²) in [6, 6.07) is 5.58. The summed E-state index contributed by atoms with van der Waals surface area (Å²) in [5.74, 6) is -0.259. The molecular weight excluding hydrogens is 230 g/mol. The monoisotopic (exact) mass is 243 g/mol. The third-order valence-electron chi connectivity index (χ3n) is 2.42. The van der Waals surface area contributed by atoms with E-state index < -0.39 is 5.97 Å². The zero-order valence-electron chi connectivity index (χ0n) is 10.2. The van der Waals surface area contributed by atoms with Gasteiger partial charge in [0, 0.05) is 18.0 Å². The molecule has 1 N–H and O–H groups in total. The van der Waals surface area contributed by atoms with Crippen LogP contribution in [0.5, 0.6) is 0 Å². The van der Waals surface area contributed by atoms with E-state index in [4.69, 9.17) is 5.11 Å². The number of rotatable bonds is 3. The summed E-state index contributed by atoms with van der Waals surface area (Å²) in [4.78, 5) is 14.6. The molecule has 5 nitrogen and oxygen atoms in total. The summed E-state index contributed by atoms with van der Waals surface area (Å²) in [5.41, 5.74) is 2.68. The first-order valence-electron chi connectivity index (χ1n) is 5.47. The van der Waals surface area contributed by atoms with Crippen LogP contribution < -0.4 is 0 Å². The molecule has 0 saturated carbocycles. The lowest BCUT2D eigenvalue weighted by Gasteiger charge is -2.03. The second-order valence-corrected chi connectivity index (χ2v) is 3.96. The molecule has 0 unspecified atom stereocenters. The van der Waals surface area contributed by atoms with E-state index in [1.54, 1.807) is 23.0 Å². The SMILES string of the molecule is Cc1cc(C)n(-c2ccc(/C=C/C(=O)O)cn2)n1. The van der Waals surface area contributed by atoms with Crippen molar-refractivity contribution in [2.24, 2.45) is 0 Å². The molecule has 0 spiro atoms. The fourth-order valence-electron chi connectivity index (χ4n) is 1.65. The van der Waals surface area contributed by atoms with E-state index in [1.165, 1.54) is 6.08 Å². The van der Waals surface area contributed by atoms with E-state index in [0.29, 0.717) is 5.82 Å². The lowest BCUT2D eigenvalue weighted by atomic mass is 10.2. The fraction of sp³-hybridized carbons (Fsp3) is 0.154. The summed E-state index contributed by atoms with van der Waals surface area (Å²) in [6.07, 6.45) is 4.20. The molecule has 0 aliphatic rings. The summed E-state index contributed by atoms with van der Waals surface area (Å²) in [6.45, 7) is 3.88. The van der Waals surface area contributed by atoms with Gasteiger partial charge in [0.2, 0.25) is 0 Å². The van der Waals surface area contributed by atoms with Gasteiger partial charge in [0.05, 0.1) is 5.69 Å². The molecule has 0 amide bonds. The van der Waals surface area contributed by atoms with Crippen molar-refractivity contribution in [1.82, 2.24) is 14.8 Å². The molecule has 0 saturated heterocycles. The number of carboxylic acids is 1. The second-order valence-electron chi connectivity index (χ2n) is 3.96. The number of pyridine rings is 1. The van der Waals surface area contributed by atoms with Crippen LogP contribution in [0, 0.1) is 13.8 Å².